The van der Waals surface area contributed by atoms with Crippen molar-refractivity contribution < 1.29 is 14.7 Å². The number of likely N-dealkylation sites (tertiary alicyclic amines) is 1. The Hall–Kier alpha value is -3.59. The van der Waals surface area contributed by atoms with Gasteiger partial charge in [-0.2, -0.15) is 5.26 Å². The summed E-state index contributed by atoms with van der Waals surface area (Å²) in [5.74, 6) is -0.798. The number of carboxylic acids is 1. The standard InChI is InChI=1S/C23H23N3O3/c24-15-20(16-25-21-8-4-7-19(14-21)23(28)29)22(27)26-11-9-18(10-12-26)13-17-5-2-1-3-6-17/h1-8,14,16,18,25H,9-13H2,(H,28,29)/b20-16-. The molecule has 2 aromatic rings. The number of carbonyl (C=O) groups excluding carboxylic acids is 1. The molecule has 0 atom stereocenters. The molecule has 148 valence electrons. The molecule has 1 heterocycles. The average Bonchev–Trinajstić information content (AvgIpc) is 2.75. The number of rotatable bonds is 6. The van der Waals surface area contributed by atoms with Crippen molar-refractivity contribution in [3.8, 4) is 6.07 Å². The van der Waals surface area contributed by atoms with E-state index in [4.69, 9.17) is 5.11 Å². The number of hydrogen-bond donors (Lipinski definition) is 2. The second-order valence-electron chi connectivity index (χ2n) is 7.13. The van der Waals surface area contributed by atoms with Crippen LogP contribution in [0, 0.1) is 17.2 Å². The molecule has 0 bridgehead atoms. The van der Waals surface area contributed by atoms with E-state index in [1.54, 1.807) is 17.0 Å². The molecule has 1 amide bonds. The van der Waals surface area contributed by atoms with E-state index in [9.17, 15) is 14.9 Å². The molecule has 1 fully saturated rings. The third-order valence-electron chi connectivity index (χ3n) is 5.11. The number of carboxylic acid groups (broad SMARTS) is 1. The molecule has 0 saturated carbocycles. The number of carbonyl (C=O) groups is 2. The van der Waals surface area contributed by atoms with E-state index in [1.807, 2.05) is 24.3 Å². The van der Waals surface area contributed by atoms with Gasteiger partial charge in [0.25, 0.3) is 5.91 Å². The van der Waals surface area contributed by atoms with Crippen LogP contribution in [0.3, 0.4) is 0 Å². The molecular weight excluding hydrogens is 366 g/mol. The van der Waals surface area contributed by atoms with E-state index >= 15 is 0 Å². The Balaban J connectivity index is 1.57. The first-order chi connectivity index (χ1) is 14.1. The minimum absolute atomic E-state index is 0.00670. The number of nitrogens with one attached hydrogen (secondary N) is 1. The minimum atomic E-state index is -1.03. The fraction of sp³-hybridized carbons (Fsp3) is 0.261. The molecule has 29 heavy (non-hydrogen) atoms. The van der Waals surface area contributed by atoms with Crippen molar-refractivity contribution in [2.45, 2.75) is 19.3 Å². The zero-order chi connectivity index (χ0) is 20.6. The lowest BCUT2D eigenvalue weighted by Gasteiger charge is -2.32. The van der Waals surface area contributed by atoms with Crippen LogP contribution >= 0.6 is 0 Å². The quantitative estimate of drug-likeness (QED) is 0.581. The Kier molecular flexibility index (Phi) is 6.64. The van der Waals surface area contributed by atoms with Crippen LogP contribution < -0.4 is 5.32 Å². The Morgan fingerprint density at radius 2 is 1.86 bits per heavy atom. The maximum absolute atomic E-state index is 12.7. The van der Waals surface area contributed by atoms with E-state index in [1.165, 1.54) is 23.9 Å². The second-order valence-corrected chi connectivity index (χ2v) is 7.13. The van der Waals surface area contributed by atoms with Crippen LogP contribution in [-0.2, 0) is 11.2 Å². The fourth-order valence-electron chi connectivity index (χ4n) is 3.50. The maximum Gasteiger partial charge on any atom is 0.335 e. The SMILES string of the molecule is N#C/C(=C/Nc1cccc(C(=O)O)c1)C(=O)N1CCC(Cc2ccccc2)CC1. The Bertz CT molecular complexity index is 939. The summed E-state index contributed by atoms with van der Waals surface area (Å²) in [5, 5.41) is 21.3. The van der Waals surface area contributed by atoms with Gasteiger partial charge >= 0.3 is 5.97 Å². The molecule has 1 aliphatic rings. The van der Waals surface area contributed by atoms with Gasteiger partial charge in [-0.05, 0) is 48.9 Å². The number of anilines is 1. The van der Waals surface area contributed by atoms with Crippen LogP contribution in [0.1, 0.15) is 28.8 Å². The number of benzene rings is 2. The summed E-state index contributed by atoms with van der Waals surface area (Å²) in [6, 6.07) is 18.5. The molecule has 0 spiro atoms. The molecule has 0 aliphatic carbocycles. The van der Waals surface area contributed by atoms with Crippen molar-refractivity contribution in [3.05, 3.63) is 77.5 Å². The lowest BCUT2D eigenvalue weighted by atomic mass is 9.90. The predicted molar refractivity (Wildman–Crippen MR) is 110 cm³/mol. The molecule has 1 saturated heterocycles. The van der Waals surface area contributed by atoms with Crippen molar-refractivity contribution in [1.29, 1.82) is 5.26 Å². The molecule has 2 aromatic carbocycles. The first kappa shape index (κ1) is 20.2. The fourth-order valence-corrected chi connectivity index (χ4v) is 3.50. The highest BCUT2D eigenvalue weighted by molar-refractivity contribution is 5.97. The lowest BCUT2D eigenvalue weighted by Crippen LogP contribution is -2.39. The normalized spacial score (nSPS) is 14.9. The summed E-state index contributed by atoms with van der Waals surface area (Å²) in [4.78, 5) is 25.5. The number of aromatic carboxylic acids is 1. The first-order valence-corrected chi connectivity index (χ1v) is 9.60. The first-order valence-electron chi connectivity index (χ1n) is 9.60. The van der Waals surface area contributed by atoms with Gasteiger partial charge in [0.1, 0.15) is 11.6 Å². The van der Waals surface area contributed by atoms with Crippen LogP contribution in [0.2, 0.25) is 0 Å². The van der Waals surface area contributed by atoms with Gasteiger partial charge < -0.3 is 15.3 Å². The summed E-state index contributed by atoms with van der Waals surface area (Å²) >= 11 is 0. The van der Waals surface area contributed by atoms with Gasteiger partial charge in [0, 0.05) is 25.0 Å². The topological polar surface area (TPSA) is 93.4 Å². The number of nitriles is 1. The van der Waals surface area contributed by atoms with Crippen LogP contribution in [0.4, 0.5) is 5.69 Å². The number of piperidine rings is 1. The molecule has 1 aliphatic heterocycles. The summed E-state index contributed by atoms with van der Waals surface area (Å²) in [6.07, 6.45) is 4.17. The molecule has 0 aromatic heterocycles. The van der Waals surface area contributed by atoms with Gasteiger partial charge in [0.2, 0.25) is 0 Å². The highest BCUT2D eigenvalue weighted by Gasteiger charge is 2.25. The highest BCUT2D eigenvalue weighted by Crippen LogP contribution is 2.22. The smallest absolute Gasteiger partial charge is 0.335 e. The molecular formula is C23H23N3O3. The second kappa shape index (κ2) is 9.56. The van der Waals surface area contributed by atoms with E-state index in [0.717, 1.165) is 19.3 Å². The van der Waals surface area contributed by atoms with E-state index in [-0.39, 0.29) is 17.0 Å². The van der Waals surface area contributed by atoms with Gasteiger partial charge in [0.05, 0.1) is 5.56 Å². The maximum atomic E-state index is 12.7. The highest BCUT2D eigenvalue weighted by atomic mass is 16.4. The van der Waals surface area contributed by atoms with Crippen molar-refractivity contribution in [1.82, 2.24) is 4.90 Å². The van der Waals surface area contributed by atoms with Gasteiger partial charge in [-0.25, -0.2) is 4.79 Å². The molecule has 0 radical (unpaired) electrons. The summed E-state index contributed by atoms with van der Waals surface area (Å²) in [6.45, 7) is 1.26. The molecule has 3 rings (SSSR count). The summed E-state index contributed by atoms with van der Waals surface area (Å²) in [7, 11) is 0. The number of amides is 1. The Morgan fingerprint density at radius 1 is 1.14 bits per heavy atom. The van der Waals surface area contributed by atoms with Crippen LogP contribution in [-0.4, -0.2) is 35.0 Å². The Labute approximate surface area is 170 Å². The molecule has 6 heteroatoms. The van der Waals surface area contributed by atoms with Gasteiger partial charge in [-0.15, -0.1) is 0 Å². The molecule has 2 N–H and O–H groups in total. The number of hydrogen-bond acceptors (Lipinski definition) is 4. The zero-order valence-corrected chi connectivity index (χ0v) is 16.0. The van der Waals surface area contributed by atoms with Crippen molar-refractivity contribution in [2.24, 2.45) is 5.92 Å². The van der Waals surface area contributed by atoms with Crippen LogP contribution in [0.5, 0.6) is 0 Å². The van der Waals surface area contributed by atoms with Crippen LogP contribution in [0.15, 0.2) is 66.4 Å². The molecule has 6 nitrogen and oxygen atoms in total. The van der Waals surface area contributed by atoms with E-state index in [2.05, 4.69) is 17.4 Å². The zero-order valence-electron chi connectivity index (χ0n) is 16.0. The summed E-state index contributed by atoms with van der Waals surface area (Å²) < 4.78 is 0. The Morgan fingerprint density at radius 3 is 2.52 bits per heavy atom. The third kappa shape index (κ3) is 5.45. The van der Waals surface area contributed by atoms with Gasteiger partial charge in [-0.3, -0.25) is 4.79 Å². The average molecular weight is 389 g/mol. The van der Waals surface area contributed by atoms with Crippen molar-refractivity contribution >= 4 is 17.6 Å². The largest absolute Gasteiger partial charge is 0.478 e. The third-order valence-corrected chi connectivity index (χ3v) is 5.11. The van der Waals surface area contributed by atoms with Crippen molar-refractivity contribution in [3.63, 3.8) is 0 Å². The lowest BCUT2D eigenvalue weighted by molar-refractivity contribution is -0.128. The monoisotopic (exact) mass is 389 g/mol. The van der Waals surface area contributed by atoms with E-state index < -0.39 is 5.97 Å². The van der Waals surface area contributed by atoms with Crippen LogP contribution in [0.25, 0.3) is 0 Å². The van der Waals surface area contributed by atoms with Gasteiger partial charge in [-0.1, -0.05) is 36.4 Å². The summed E-state index contributed by atoms with van der Waals surface area (Å²) in [5.41, 5.74) is 1.95. The van der Waals surface area contributed by atoms with E-state index in [0.29, 0.717) is 24.7 Å². The van der Waals surface area contributed by atoms with Crippen molar-refractivity contribution in [2.75, 3.05) is 18.4 Å². The minimum Gasteiger partial charge on any atom is -0.478 e. The predicted octanol–water partition coefficient (Wildman–Crippen LogP) is 3.69. The number of nitrogens with zero attached hydrogens (tertiary/aromatic N) is 2. The molecule has 0 unspecified atom stereocenters. The van der Waals surface area contributed by atoms with Gasteiger partial charge in [0.15, 0.2) is 0 Å².